The van der Waals surface area contributed by atoms with Crippen LogP contribution in [0.2, 0.25) is 0 Å². The van der Waals surface area contributed by atoms with E-state index in [1.54, 1.807) is 6.92 Å². The number of Topliss-reactive ketones (excluding diaryl/α,β-unsaturated/α-hetero) is 1. The maximum Gasteiger partial charge on any atom is 0.377 e. The summed E-state index contributed by atoms with van der Waals surface area (Å²) in [5.74, 6) is -2.71. The Morgan fingerprint density at radius 1 is 1.36 bits per heavy atom. The number of benzene rings is 1. The molecule has 0 aliphatic rings. The summed E-state index contributed by atoms with van der Waals surface area (Å²) in [6, 6.07) is 2.84. The Hall–Kier alpha value is -1.36. The monoisotopic (exact) mass is 258 g/mol. The highest BCUT2D eigenvalue weighted by atomic mass is 79.9. The standard InChI is InChI=1S/C9H7BrO4/c1-4-2-3-5(6(10)7(4)11)8(12)9(13)14/h2-3,11H,1H3,(H,13,14). The van der Waals surface area contributed by atoms with Crippen molar-refractivity contribution in [3.63, 3.8) is 0 Å². The van der Waals surface area contributed by atoms with Crippen LogP contribution in [0.4, 0.5) is 0 Å². The Kier molecular flexibility index (Phi) is 2.90. The second kappa shape index (κ2) is 3.79. The number of hydrogen-bond donors (Lipinski definition) is 2. The summed E-state index contributed by atoms with van der Waals surface area (Å²) >= 11 is 2.97. The largest absolute Gasteiger partial charge is 0.506 e. The molecule has 0 aliphatic carbocycles. The Labute approximate surface area is 88.3 Å². The number of carboxylic acids is 1. The summed E-state index contributed by atoms with van der Waals surface area (Å²) in [6.45, 7) is 1.65. The second-order valence-electron chi connectivity index (χ2n) is 2.73. The topological polar surface area (TPSA) is 74.6 Å². The molecule has 0 saturated heterocycles. The van der Waals surface area contributed by atoms with E-state index < -0.39 is 11.8 Å². The molecule has 0 unspecified atom stereocenters. The molecule has 1 aromatic carbocycles. The van der Waals surface area contributed by atoms with Gasteiger partial charge < -0.3 is 10.2 Å². The van der Waals surface area contributed by atoms with Crippen LogP contribution in [0.15, 0.2) is 16.6 Å². The van der Waals surface area contributed by atoms with E-state index in [1.165, 1.54) is 12.1 Å². The van der Waals surface area contributed by atoms with Crippen molar-refractivity contribution in [2.45, 2.75) is 6.92 Å². The van der Waals surface area contributed by atoms with E-state index in [9.17, 15) is 14.7 Å². The average Bonchev–Trinajstić information content (AvgIpc) is 2.13. The Morgan fingerprint density at radius 2 is 1.93 bits per heavy atom. The van der Waals surface area contributed by atoms with Gasteiger partial charge >= 0.3 is 5.97 Å². The maximum absolute atomic E-state index is 11.1. The highest BCUT2D eigenvalue weighted by molar-refractivity contribution is 9.10. The van der Waals surface area contributed by atoms with Gasteiger partial charge in [-0.05, 0) is 34.5 Å². The summed E-state index contributed by atoms with van der Waals surface area (Å²) in [5, 5.41) is 17.9. The summed E-state index contributed by atoms with van der Waals surface area (Å²) < 4.78 is 0.116. The van der Waals surface area contributed by atoms with Gasteiger partial charge in [-0.2, -0.15) is 0 Å². The number of phenols is 1. The third-order valence-electron chi connectivity index (χ3n) is 1.76. The molecule has 14 heavy (non-hydrogen) atoms. The number of carbonyl (C=O) groups is 2. The number of rotatable bonds is 2. The number of aromatic hydroxyl groups is 1. The Morgan fingerprint density at radius 3 is 2.43 bits per heavy atom. The Balaban J connectivity index is 3.31. The van der Waals surface area contributed by atoms with Crippen LogP contribution in [0.3, 0.4) is 0 Å². The van der Waals surface area contributed by atoms with E-state index in [2.05, 4.69) is 15.9 Å². The molecule has 0 spiro atoms. The lowest BCUT2D eigenvalue weighted by molar-refractivity contribution is -0.131. The molecule has 2 N–H and O–H groups in total. The van der Waals surface area contributed by atoms with Gasteiger partial charge in [0.25, 0.3) is 5.78 Å². The molecule has 74 valence electrons. The van der Waals surface area contributed by atoms with Crippen LogP contribution in [0.25, 0.3) is 0 Å². The zero-order chi connectivity index (χ0) is 10.9. The summed E-state index contributed by atoms with van der Waals surface area (Å²) in [4.78, 5) is 21.5. The average molecular weight is 259 g/mol. The number of phenolic OH excluding ortho intramolecular Hbond substituents is 1. The quantitative estimate of drug-likeness (QED) is 0.626. The van der Waals surface area contributed by atoms with Crippen molar-refractivity contribution >= 4 is 27.7 Å². The van der Waals surface area contributed by atoms with Crippen LogP contribution >= 0.6 is 15.9 Å². The zero-order valence-electron chi connectivity index (χ0n) is 7.24. The van der Waals surface area contributed by atoms with Crippen LogP contribution in [0.5, 0.6) is 5.75 Å². The van der Waals surface area contributed by atoms with Crippen molar-refractivity contribution in [3.8, 4) is 5.75 Å². The SMILES string of the molecule is Cc1ccc(C(=O)C(=O)O)c(Br)c1O. The molecule has 1 aromatic rings. The molecule has 0 aromatic heterocycles. The fraction of sp³-hybridized carbons (Fsp3) is 0.111. The van der Waals surface area contributed by atoms with Crippen molar-refractivity contribution in [2.24, 2.45) is 0 Å². The molecule has 0 amide bonds. The number of hydrogen-bond acceptors (Lipinski definition) is 3. The smallest absolute Gasteiger partial charge is 0.377 e. The zero-order valence-corrected chi connectivity index (χ0v) is 8.83. The van der Waals surface area contributed by atoms with Gasteiger partial charge in [0.15, 0.2) is 0 Å². The van der Waals surface area contributed by atoms with Crippen molar-refractivity contribution < 1.29 is 19.8 Å². The molecule has 4 nitrogen and oxygen atoms in total. The van der Waals surface area contributed by atoms with Crippen LogP contribution < -0.4 is 0 Å². The number of ketones is 1. The van der Waals surface area contributed by atoms with Crippen molar-refractivity contribution in [2.75, 3.05) is 0 Å². The summed E-state index contributed by atoms with van der Waals surface area (Å²) in [5.41, 5.74) is 0.513. The van der Waals surface area contributed by atoms with E-state index in [0.29, 0.717) is 5.56 Å². The number of carbonyl (C=O) groups excluding carboxylic acids is 1. The summed E-state index contributed by atoms with van der Waals surface area (Å²) in [6.07, 6.45) is 0. The minimum absolute atomic E-state index is 0.0550. The Bertz CT molecular complexity index is 412. The van der Waals surface area contributed by atoms with Crippen molar-refractivity contribution in [1.29, 1.82) is 0 Å². The van der Waals surface area contributed by atoms with Crippen molar-refractivity contribution in [3.05, 3.63) is 27.7 Å². The lowest BCUT2D eigenvalue weighted by Gasteiger charge is -2.05. The molecule has 0 fully saturated rings. The third kappa shape index (κ3) is 1.77. The van der Waals surface area contributed by atoms with E-state index >= 15 is 0 Å². The first-order valence-electron chi connectivity index (χ1n) is 3.71. The minimum atomic E-state index is -1.55. The molecule has 0 heterocycles. The predicted octanol–water partition coefficient (Wildman–Crippen LogP) is 1.73. The minimum Gasteiger partial charge on any atom is -0.506 e. The number of aryl methyl sites for hydroxylation is 1. The lowest BCUT2D eigenvalue weighted by Crippen LogP contribution is -2.13. The fourth-order valence-electron chi connectivity index (χ4n) is 0.952. The van der Waals surface area contributed by atoms with Crippen LogP contribution in [-0.4, -0.2) is 22.0 Å². The first-order chi connectivity index (χ1) is 6.45. The molecule has 0 radical (unpaired) electrons. The van der Waals surface area contributed by atoms with Gasteiger partial charge in [0.2, 0.25) is 0 Å². The molecule has 0 aliphatic heterocycles. The van der Waals surface area contributed by atoms with Gasteiger partial charge in [-0.3, -0.25) is 4.79 Å². The first kappa shape index (κ1) is 10.7. The number of carboxylic acid groups (broad SMARTS) is 1. The predicted molar refractivity (Wildman–Crippen MR) is 52.5 cm³/mol. The fourth-order valence-corrected chi connectivity index (χ4v) is 1.58. The van der Waals surface area contributed by atoms with Gasteiger partial charge in [-0.1, -0.05) is 6.07 Å². The molecular formula is C9H7BrO4. The van der Waals surface area contributed by atoms with Gasteiger partial charge in [-0.15, -0.1) is 0 Å². The highest BCUT2D eigenvalue weighted by Crippen LogP contribution is 2.31. The van der Waals surface area contributed by atoms with Crippen LogP contribution in [-0.2, 0) is 4.79 Å². The van der Waals surface area contributed by atoms with Gasteiger partial charge in [0.1, 0.15) is 5.75 Å². The lowest BCUT2D eigenvalue weighted by atomic mass is 10.1. The van der Waals surface area contributed by atoms with Gasteiger partial charge in [-0.25, -0.2) is 4.79 Å². The van der Waals surface area contributed by atoms with Crippen molar-refractivity contribution in [1.82, 2.24) is 0 Å². The van der Waals surface area contributed by atoms with E-state index in [1.807, 2.05) is 0 Å². The first-order valence-corrected chi connectivity index (χ1v) is 4.50. The van der Waals surface area contributed by atoms with Crippen LogP contribution in [0.1, 0.15) is 15.9 Å². The summed E-state index contributed by atoms with van der Waals surface area (Å²) in [7, 11) is 0. The molecule has 1 rings (SSSR count). The van der Waals surface area contributed by atoms with E-state index in [-0.39, 0.29) is 15.8 Å². The van der Waals surface area contributed by atoms with E-state index in [4.69, 9.17) is 5.11 Å². The molecule has 0 bridgehead atoms. The maximum atomic E-state index is 11.1. The third-order valence-corrected chi connectivity index (χ3v) is 2.56. The van der Waals surface area contributed by atoms with Gasteiger partial charge in [0.05, 0.1) is 4.47 Å². The second-order valence-corrected chi connectivity index (χ2v) is 3.52. The van der Waals surface area contributed by atoms with Crippen LogP contribution in [0, 0.1) is 6.92 Å². The molecule has 0 atom stereocenters. The highest BCUT2D eigenvalue weighted by Gasteiger charge is 2.19. The van der Waals surface area contributed by atoms with Gasteiger partial charge in [0, 0.05) is 5.56 Å². The number of aliphatic carboxylic acids is 1. The number of halogens is 1. The normalized spacial score (nSPS) is 9.86. The van der Waals surface area contributed by atoms with E-state index in [0.717, 1.165) is 0 Å². The molecular weight excluding hydrogens is 252 g/mol. The molecule has 0 saturated carbocycles. The molecule has 5 heteroatoms.